The number of para-hydroxylation sites is 1. The summed E-state index contributed by atoms with van der Waals surface area (Å²) in [6.07, 6.45) is 3.34. The van der Waals surface area contributed by atoms with Crippen LogP contribution in [0.4, 0.5) is 0 Å². The van der Waals surface area contributed by atoms with Crippen molar-refractivity contribution in [1.82, 2.24) is 19.7 Å². The van der Waals surface area contributed by atoms with Gasteiger partial charge in [0.25, 0.3) is 5.91 Å². The van der Waals surface area contributed by atoms with E-state index in [9.17, 15) is 4.79 Å². The van der Waals surface area contributed by atoms with Gasteiger partial charge in [0.1, 0.15) is 5.01 Å². The maximum Gasteiger partial charge on any atom is 0.257 e. The minimum atomic E-state index is -0.0621. The number of fused-ring (bicyclic) bond motifs is 1. The molecule has 120 valence electrons. The Balaban J connectivity index is 1.68. The molecule has 0 radical (unpaired) electrons. The SMILES string of the molecule is COCCn1cc(C(=O)N(C)Cc2nc3ccccc3s2)cn1. The number of hydrogen-bond donors (Lipinski definition) is 0. The minimum absolute atomic E-state index is 0.0621. The van der Waals surface area contributed by atoms with Crippen LogP contribution in [0.3, 0.4) is 0 Å². The van der Waals surface area contributed by atoms with E-state index in [4.69, 9.17) is 4.74 Å². The molecular weight excluding hydrogens is 312 g/mol. The van der Waals surface area contributed by atoms with Crippen molar-refractivity contribution in [3.8, 4) is 0 Å². The van der Waals surface area contributed by atoms with E-state index in [2.05, 4.69) is 10.1 Å². The van der Waals surface area contributed by atoms with Gasteiger partial charge in [0, 0.05) is 20.4 Å². The molecule has 1 amide bonds. The van der Waals surface area contributed by atoms with Crippen molar-refractivity contribution in [3.63, 3.8) is 0 Å². The fraction of sp³-hybridized carbons (Fsp3) is 0.312. The second-order valence-corrected chi connectivity index (χ2v) is 6.34. The Morgan fingerprint density at radius 2 is 2.22 bits per heavy atom. The Bertz CT molecular complexity index is 778. The van der Waals surface area contributed by atoms with Gasteiger partial charge in [-0.3, -0.25) is 9.48 Å². The number of methoxy groups -OCH3 is 1. The molecule has 0 unspecified atom stereocenters. The molecule has 0 saturated heterocycles. The van der Waals surface area contributed by atoms with E-state index in [1.807, 2.05) is 24.3 Å². The third-order valence-corrected chi connectivity index (χ3v) is 4.48. The molecule has 6 nitrogen and oxygen atoms in total. The molecule has 3 rings (SSSR count). The van der Waals surface area contributed by atoms with Gasteiger partial charge in [0.05, 0.1) is 41.7 Å². The largest absolute Gasteiger partial charge is 0.383 e. The van der Waals surface area contributed by atoms with E-state index in [1.165, 1.54) is 0 Å². The van der Waals surface area contributed by atoms with E-state index in [-0.39, 0.29) is 5.91 Å². The molecule has 0 aliphatic rings. The number of thiazole rings is 1. The maximum absolute atomic E-state index is 12.5. The highest BCUT2D eigenvalue weighted by Gasteiger charge is 2.16. The fourth-order valence-corrected chi connectivity index (χ4v) is 3.28. The average molecular weight is 330 g/mol. The summed E-state index contributed by atoms with van der Waals surface area (Å²) in [5.74, 6) is -0.0621. The number of hydrogen-bond acceptors (Lipinski definition) is 5. The molecule has 2 aromatic heterocycles. The number of ether oxygens (including phenoxy) is 1. The van der Waals surface area contributed by atoms with Gasteiger partial charge in [0.15, 0.2) is 0 Å². The topological polar surface area (TPSA) is 60.2 Å². The standard InChI is InChI=1S/C16H18N4O2S/c1-19(11-15-18-13-5-3-4-6-14(13)23-15)16(21)12-9-17-20(10-12)7-8-22-2/h3-6,9-10H,7-8,11H2,1-2H3. The molecule has 0 aliphatic carbocycles. The number of aromatic nitrogens is 3. The summed E-state index contributed by atoms with van der Waals surface area (Å²) in [6, 6.07) is 7.98. The third kappa shape index (κ3) is 3.57. The van der Waals surface area contributed by atoms with Crippen molar-refractivity contribution in [1.29, 1.82) is 0 Å². The summed E-state index contributed by atoms with van der Waals surface area (Å²) >= 11 is 1.61. The van der Waals surface area contributed by atoms with Crippen molar-refractivity contribution in [2.45, 2.75) is 13.1 Å². The number of carbonyl (C=O) groups is 1. The first-order chi connectivity index (χ1) is 11.2. The van der Waals surface area contributed by atoms with Crippen LogP contribution in [0, 0.1) is 0 Å². The molecule has 0 fully saturated rings. The molecular formula is C16H18N4O2S. The van der Waals surface area contributed by atoms with Crippen molar-refractivity contribution in [3.05, 3.63) is 47.2 Å². The molecule has 0 bridgehead atoms. The average Bonchev–Trinajstić information content (AvgIpc) is 3.18. The minimum Gasteiger partial charge on any atom is -0.383 e. The summed E-state index contributed by atoms with van der Waals surface area (Å²) in [4.78, 5) is 18.7. The highest BCUT2D eigenvalue weighted by atomic mass is 32.1. The summed E-state index contributed by atoms with van der Waals surface area (Å²) in [7, 11) is 3.42. The second-order valence-electron chi connectivity index (χ2n) is 5.22. The van der Waals surface area contributed by atoms with Crippen molar-refractivity contribution < 1.29 is 9.53 Å². The summed E-state index contributed by atoms with van der Waals surface area (Å²) in [5.41, 5.74) is 1.55. The van der Waals surface area contributed by atoms with Crippen molar-refractivity contribution in [2.24, 2.45) is 0 Å². The first-order valence-corrected chi connectivity index (χ1v) is 8.10. The number of nitrogens with zero attached hydrogens (tertiary/aromatic N) is 4. The van der Waals surface area contributed by atoms with Gasteiger partial charge in [0.2, 0.25) is 0 Å². The number of amides is 1. The molecule has 0 saturated carbocycles. The lowest BCUT2D eigenvalue weighted by Gasteiger charge is -2.14. The predicted octanol–water partition coefficient (Wildman–Crippen LogP) is 2.41. The van der Waals surface area contributed by atoms with Gasteiger partial charge in [-0.1, -0.05) is 12.1 Å². The Kier molecular flexibility index (Phi) is 4.68. The quantitative estimate of drug-likeness (QED) is 0.696. The fourth-order valence-electron chi connectivity index (χ4n) is 2.26. The Morgan fingerprint density at radius 1 is 1.39 bits per heavy atom. The molecule has 3 aromatic rings. The highest BCUT2D eigenvalue weighted by molar-refractivity contribution is 7.18. The highest BCUT2D eigenvalue weighted by Crippen LogP contribution is 2.22. The predicted molar refractivity (Wildman–Crippen MR) is 89.5 cm³/mol. The number of rotatable bonds is 6. The van der Waals surface area contributed by atoms with Crippen LogP contribution in [-0.2, 0) is 17.8 Å². The summed E-state index contributed by atoms with van der Waals surface area (Å²) in [6.45, 7) is 1.68. The Labute approximate surface area is 138 Å². The molecule has 0 spiro atoms. The molecule has 0 N–H and O–H groups in total. The lowest BCUT2D eigenvalue weighted by Crippen LogP contribution is -2.25. The van der Waals surface area contributed by atoms with Crippen molar-refractivity contribution in [2.75, 3.05) is 20.8 Å². The van der Waals surface area contributed by atoms with E-state index >= 15 is 0 Å². The molecule has 0 aliphatic heterocycles. The molecule has 2 heterocycles. The van der Waals surface area contributed by atoms with Gasteiger partial charge >= 0.3 is 0 Å². The summed E-state index contributed by atoms with van der Waals surface area (Å²) < 4.78 is 7.85. The number of benzene rings is 1. The Hall–Kier alpha value is -2.25. The molecule has 0 atom stereocenters. The van der Waals surface area contributed by atoms with Crippen molar-refractivity contribution >= 4 is 27.5 Å². The first kappa shape index (κ1) is 15.6. The van der Waals surface area contributed by atoms with Crippen LogP contribution in [0.2, 0.25) is 0 Å². The van der Waals surface area contributed by atoms with Crippen LogP contribution >= 0.6 is 11.3 Å². The second kappa shape index (κ2) is 6.89. The maximum atomic E-state index is 12.5. The number of carbonyl (C=O) groups excluding carboxylic acids is 1. The van der Waals surface area contributed by atoms with E-state index in [1.54, 1.807) is 47.5 Å². The van der Waals surface area contributed by atoms with E-state index < -0.39 is 0 Å². The van der Waals surface area contributed by atoms with E-state index in [0.717, 1.165) is 15.2 Å². The molecule has 23 heavy (non-hydrogen) atoms. The van der Waals surface area contributed by atoms with Gasteiger partial charge in [-0.15, -0.1) is 11.3 Å². The molecule has 1 aromatic carbocycles. The third-order valence-electron chi connectivity index (χ3n) is 3.46. The lowest BCUT2D eigenvalue weighted by atomic mass is 10.3. The Morgan fingerprint density at radius 3 is 3.00 bits per heavy atom. The van der Waals surface area contributed by atoms with Crippen LogP contribution in [0.5, 0.6) is 0 Å². The van der Waals surface area contributed by atoms with Gasteiger partial charge in [-0.05, 0) is 12.1 Å². The zero-order valence-corrected chi connectivity index (χ0v) is 13.9. The van der Waals surface area contributed by atoms with Gasteiger partial charge in [-0.2, -0.15) is 5.10 Å². The van der Waals surface area contributed by atoms with Crippen LogP contribution < -0.4 is 0 Å². The monoisotopic (exact) mass is 330 g/mol. The molecule has 7 heteroatoms. The van der Waals surface area contributed by atoms with Crippen LogP contribution in [0.15, 0.2) is 36.7 Å². The lowest BCUT2D eigenvalue weighted by molar-refractivity contribution is 0.0785. The van der Waals surface area contributed by atoms with Gasteiger partial charge in [-0.25, -0.2) is 4.98 Å². The smallest absolute Gasteiger partial charge is 0.257 e. The first-order valence-electron chi connectivity index (χ1n) is 7.28. The van der Waals surface area contributed by atoms with Crippen LogP contribution in [0.1, 0.15) is 15.4 Å². The summed E-state index contributed by atoms with van der Waals surface area (Å²) in [5, 5.41) is 5.10. The van der Waals surface area contributed by atoms with Crippen LogP contribution in [0.25, 0.3) is 10.2 Å². The zero-order chi connectivity index (χ0) is 16.2. The van der Waals surface area contributed by atoms with Crippen LogP contribution in [-0.4, -0.2) is 46.3 Å². The zero-order valence-electron chi connectivity index (χ0n) is 13.1. The van der Waals surface area contributed by atoms with E-state index in [0.29, 0.717) is 25.3 Å². The normalized spacial score (nSPS) is 11.0. The van der Waals surface area contributed by atoms with Gasteiger partial charge < -0.3 is 9.64 Å².